The molecular formula is C23H15N3OS. The van der Waals surface area contributed by atoms with Gasteiger partial charge in [-0.15, -0.1) is 11.3 Å². The number of carbonyl (C=O) groups excluding carboxylic acids is 1. The van der Waals surface area contributed by atoms with Crippen LogP contribution < -0.4 is 5.43 Å². The van der Waals surface area contributed by atoms with Gasteiger partial charge in [-0.1, -0.05) is 48.5 Å². The second-order valence-corrected chi connectivity index (χ2v) is 7.45. The molecule has 5 heteroatoms. The molecule has 0 saturated carbocycles. The summed E-state index contributed by atoms with van der Waals surface area (Å²) in [5.41, 5.74) is 7.38. The van der Waals surface area contributed by atoms with Gasteiger partial charge in [0.25, 0.3) is 5.91 Å². The second kappa shape index (κ2) is 6.87. The molecule has 1 aliphatic rings. The molecule has 2 heterocycles. The SMILES string of the molecule is O=C(N/N=C1\C=Cc2c(-c3ccccc3)sc3cccc1c23)c1ccncc1. The molecule has 1 aliphatic carbocycles. The molecule has 0 aliphatic heterocycles. The third-order valence-corrected chi connectivity index (χ3v) is 5.91. The number of amides is 1. The maximum atomic E-state index is 12.3. The quantitative estimate of drug-likeness (QED) is 0.501. The van der Waals surface area contributed by atoms with E-state index in [2.05, 4.69) is 51.9 Å². The van der Waals surface area contributed by atoms with Crippen LogP contribution in [0.4, 0.5) is 0 Å². The molecule has 2 aromatic carbocycles. The fourth-order valence-electron chi connectivity index (χ4n) is 3.38. The molecule has 0 unspecified atom stereocenters. The number of hydrazone groups is 1. The molecule has 28 heavy (non-hydrogen) atoms. The van der Waals surface area contributed by atoms with E-state index in [1.807, 2.05) is 24.3 Å². The monoisotopic (exact) mass is 381 g/mol. The van der Waals surface area contributed by atoms with Crippen molar-refractivity contribution in [2.24, 2.45) is 5.10 Å². The highest BCUT2D eigenvalue weighted by Gasteiger charge is 2.20. The number of nitrogens with zero attached hydrogens (tertiary/aromatic N) is 2. The van der Waals surface area contributed by atoms with Gasteiger partial charge in [0.15, 0.2) is 0 Å². The highest BCUT2D eigenvalue weighted by atomic mass is 32.1. The lowest BCUT2D eigenvalue weighted by molar-refractivity contribution is 0.0955. The van der Waals surface area contributed by atoms with Gasteiger partial charge in [0, 0.05) is 44.0 Å². The van der Waals surface area contributed by atoms with Crippen LogP contribution in [0.3, 0.4) is 0 Å². The van der Waals surface area contributed by atoms with Gasteiger partial charge in [0.05, 0.1) is 5.71 Å². The van der Waals surface area contributed by atoms with E-state index in [0.29, 0.717) is 5.56 Å². The van der Waals surface area contributed by atoms with Crippen LogP contribution in [0.25, 0.3) is 26.6 Å². The van der Waals surface area contributed by atoms with Crippen molar-refractivity contribution in [1.82, 2.24) is 10.4 Å². The number of pyridine rings is 1. The summed E-state index contributed by atoms with van der Waals surface area (Å²) in [5.74, 6) is -0.253. The molecule has 0 saturated heterocycles. The van der Waals surface area contributed by atoms with Gasteiger partial charge >= 0.3 is 0 Å². The summed E-state index contributed by atoms with van der Waals surface area (Å²) in [6.07, 6.45) is 7.23. The summed E-state index contributed by atoms with van der Waals surface area (Å²) in [6.45, 7) is 0. The molecule has 0 fully saturated rings. The van der Waals surface area contributed by atoms with E-state index in [0.717, 1.165) is 11.3 Å². The molecule has 2 aromatic heterocycles. The third kappa shape index (κ3) is 2.82. The molecule has 0 bridgehead atoms. The van der Waals surface area contributed by atoms with Crippen molar-refractivity contribution in [3.05, 3.63) is 95.8 Å². The fraction of sp³-hybridized carbons (Fsp3) is 0. The van der Waals surface area contributed by atoms with Crippen molar-refractivity contribution in [3.63, 3.8) is 0 Å². The van der Waals surface area contributed by atoms with Crippen LogP contribution in [0, 0.1) is 0 Å². The van der Waals surface area contributed by atoms with E-state index in [-0.39, 0.29) is 5.91 Å². The Kier molecular flexibility index (Phi) is 4.07. The Morgan fingerprint density at radius 1 is 0.929 bits per heavy atom. The zero-order valence-corrected chi connectivity index (χ0v) is 15.6. The average molecular weight is 381 g/mol. The smallest absolute Gasteiger partial charge is 0.267 e. The van der Waals surface area contributed by atoms with Gasteiger partial charge < -0.3 is 0 Å². The molecule has 134 valence electrons. The molecule has 4 aromatic rings. The Balaban J connectivity index is 1.55. The number of thiophene rings is 1. The summed E-state index contributed by atoms with van der Waals surface area (Å²) < 4.78 is 1.21. The number of benzene rings is 2. The largest absolute Gasteiger partial charge is 0.271 e. The number of aromatic nitrogens is 1. The lowest BCUT2D eigenvalue weighted by Crippen LogP contribution is -2.20. The standard InChI is InChI=1S/C23H15N3OS/c27-23(16-11-13-24-14-12-16)26-25-19-10-9-18-21-17(19)7-4-8-20(21)28-22(18)15-5-2-1-3-6-15/h1-14H,(H,26,27)/b25-19+. The minimum absolute atomic E-state index is 0.253. The number of hydrogen-bond donors (Lipinski definition) is 1. The minimum Gasteiger partial charge on any atom is -0.267 e. The summed E-state index contributed by atoms with van der Waals surface area (Å²) >= 11 is 1.78. The third-order valence-electron chi connectivity index (χ3n) is 4.69. The van der Waals surface area contributed by atoms with Gasteiger partial charge in [-0.05, 0) is 29.8 Å². The van der Waals surface area contributed by atoms with Gasteiger partial charge in [0.1, 0.15) is 0 Å². The molecule has 1 amide bonds. The first-order chi connectivity index (χ1) is 13.8. The van der Waals surface area contributed by atoms with Crippen molar-refractivity contribution < 1.29 is 4.79 Å². The Morgan fingerprint density at radius 3 is 2.57 bits per heavy atom. The predicted octanol–water partition coefficient (Wildman–Crippen LogP) is 5.12. The van der Waals surface area contributed by atoms with E-state index in [4.69, 9.17) is 0 Å². The maximum Gasteiger partial charge on any atom is 0.271 e. The molecule has 4 nitrogen and oxygen atoms in total. The molecule has 1 N–H and O–H groups in total. The van der Waals surface area contributed by atoms with Crippen LogP contribution >= 0.6 is 11.3 Å². The van der Waals surface area contributed by atoms with Crippen LogP contribution in [0.5, 0.6) is 0 Å². The Morgan fingerprint density at radius 2 is 1.75 bits per heavy atom. The summed E-state index contributed by atoms with van der Waals surface area (Å²) in [4.78, 5) is 17.5. The number of rotatable bonds is 3. The van der Waals surface area contributed by atoms with E-state index in [1.54, 1.807) is 35.9 Å². The van der Waals surface area contributed by atoms with Gasteiger partial charge in [-0.3, -0.25) is 9.78 Å². The van der Waals surface area contributed by atoms with Crippen LogP contribution in [-0.2, 0) is 0 Å². The van der Waals surface area contributed by atoms with E-state index in [9.17, 15) is 4.79 Å². The summed E-state index contributed by atoms with van der Waals surface area (Å²) in [6, 6.07) is 19.9. The van der Waals surface area contributed by atoms with E-state index >= 15 is 0 Å². The van der Waals surface area contributed by atoms with E-state index < -0.39 is 0 Å². The van der Waals surface area contributed by atoms with Gasteiger partial charge in [-0.2, -0.15) is 5.10 Å². The van der Waals surface area contributed by atoms with Crippen LogP contribution in [0.15, 0.2) is 84.2 Å². The van der Waals surface area contributed by atoms with Crippen molar-refractivity contribution in [3.8, 4) is 10.4 Å². The maximum absolute atomic E-state index is 12.3. The average Bonchev–Trinajstić information content (AvgIpc) is 3.14. The van der Waals surface area contributed by atoms with Crippen molar-refractivity contribution in [1.29, 1.82) is 0 Å². The normalized spacial score (nSPS) is 13.8. The molecule has 0 spiro atoms. The Hall–Kier alpha value is -3.57. The first-order valence-electron chi connectivity index (χ1n) is 8.89. The zero-order valence-electron chi connectivity index (χ0n) is 14.8. The second-order valence-electron chi connectivity index (χ2n) is 6.40. The summed E-state index contributed by atoms with van der Waals surface area (Å²) in [5, 5.41) is 5.57. The number of hydrogen-bond acceptors (Lipinski definition) is 4. The highest BCUT2D eigenvalue weighted by molar-refractivity contribution is 7.22. The molecule has 5 rings (SSSR count). The number of allylic oxidation sites excluding steroid dienone is 1. The summed E-state index contributed by atoms with van der Waals surface area (Å²) in [7, 11) is 0. The van der Waals surface area contributed by atoms with E-state index in [1.165, 1.54) is 26.1 Å². The molecule has 0 radical (unpaired) electrons. The molecular weight excluding hydrogens is 366 g/mol. The topological polar surface area (TPSA) is 54.4 Å². The first kappa shape index (κ1) is 16.6. The Labute approximate surface area is 165 Å². The lowest BCUT2D eigenvalue weighted by atomic mass is 9.94. The van der Waals surface area contributed by atoms with Crippen LogP contribution in [0.2, 0.25) is 0 Å². The minimum atomic E-state index is -0.253. The first-order valence-corrected chi connectivity index (χ1v) is 9.70. The van der Waals surface area contributed by atoms with Gasteiger partial charge in [-0.25, -0.2) is 5.43 Å². The highest BCUT2D eigenvalue weighted by Crippen LogP contribution is 2.42. The van der Waals surface area contributed by atoms with Gasteiger partial charge in [0.2, 0.25) is 0 Å². The van der Waals surface area contributed by atoms with Crippen LogP contribution in [-0.4, -0.2) is 16.6 Å². The van der Waals surface area contributed by atoms with Crippen molar-refractivity contribution in [2.75, 3.05) is 0 Å². The molecule has 0 atom stereocenters. The van der Waals surface area contributed by atoms with Crippen molar-refractivity contribution in [2.45, 2.75) is 0 Å². The van der Waals surface area contributed by atoms with Crippen molar-refractivity contribution >= 4 is 39.1 Å². The fourth-order valence-corrected chi connectivity index (χ4v) is 4.60. The number of nitrogens with one attached hydrogen (secondary N) is 1. The predicted molar refractivity (Wildman–Crippen MR) is 115 cm³/mol. The zero-order chi connectivity index (χ0) is 18.9. The lowest BCUT2D eigenvalue weighted by Gasteiger charge is -2.11. The van der Waals surface area contributed by atoms with Crippen LogP contribution in [0.1, 0.15) is 21.5 Å². The Bertz CT molecular complexity index is 1240. The number of carbonyl (C=O) groups is 1.